The van der Waals surface area contributed by atoms with Gasteiger partial charge in [-0.1, -0.05) is 35.5 Å². The van der Waals surface area contributed by atoms with Crippen molar-refractivity contribution < 1.29 is 9.90 Å². The molecule has 0 fully saturated rings. The zero-order valence-electron chi connectivity index (χ0n) is 10.5. The number of nitrogens with one attached hydrogen (secondary N) is 1. The van der Waals surface area contributed by atoms with Crippen LogP contribution in [0.4, 0.5) is 0 Å². The van der Waals surface area contributed by atoms with Gasteiger partial charge in [0.25, 0.3) is 5.91 Å². The van der Waals surface area contributed by atoms with Gasteiger partial charge in [-0.05, 0) is 12.0 Å². The number of amides is 1. The largest absolute Gasteiger partial charge is 0.396 e. The number of carbonyl (C=O) groups is 1. The number of aromatic nitrogens is 3. The van der Waals surface area contributed by atoms with E-state index in [-0.39, 0.29) is 18.2 Å². The molecule has 2 N–H and O–H groups in total. The van der Waals surface area contributed by atoms with Gasteiger partial charge in [0, 0.05) is 13.2 Å². The van der Waals surface area contributed by atoms with Crippen LogP contribution in [0.2, 0.25) is 0 Å². The van der Waals surface area contributed by atoms with E-state index in [1.54, 1.807) is 10.9 Å². The first-order valence-corrected chi connectivity index (χ1v) is 6.12. The monoisotopic (exact) mass is 260 g/mol. The molecule has 1 heterocycles. The number of benzene rings is 1. The second-order valence-electron chi connectivity index (χ2n) is 4.12. The summed E-state index contributed by atoms with van der Waals surface area (Å²) in [6.45, 7) is 1.07. The van der Waals surface area contributed by atoms with E-state index in [2.05, 4.69) is 15.6 Å². The molecule has 0 unspecified atom stereocenters. The Kier molecular flexibility index (Phi) is 4.63. The highest BCUT2D eigenvalue weighted by Gasteiger charge is 2.09. The summed E-state index contributed by atoms with van der Waals surface area (Å²) in [6, 6.07) is 9.83. The Morgan fingerprint density at radius 1 is 1.32 bits per heavy atom. The molecular weight excluding hydrogens is 244 g/mol. The Bertz CT molecular complexity index is 524. The fraction of sp³-hybridized carbons (Fsp3) is 0.308. The lowest BCUT2D eigenvalue weighted by Crippen LogP contribution is -2.25. The van der Waals surface area contributed by atoms with E-state index in [0.29, 0.717) is 19.5 Å². The van der Waals surface area contributed by atoms with Gasteiger partial charge in [0.05, 0.1) is 12.7 Å². The number of hydrogen-bond acceptors (Lipinski definition) is 4. The number of nitrogens with zero attached hydrogens (tertiary/aromatic N) is 3. The summed E-state index contributed by atoms with van der Waals surface area (Å²) in [5, 5.41) is 19.0. The maximum atomic E-state index is 11.7. The summed E-state index contributed by atoms with van der Waals surface area (Å²) in [7, 11) is 0. The fourth-order valence-electron chi connectivity index (χ4n) is 1.62. The molecule has 100 valence electrons. The molecule has 0 aliphatic carbocycles. The van der Waals surface area contributed by atoms with E-state index in [0.717, 1.165) is 5.56 Å². The highest BCUT2D eigenvalue weighted by Crippen LogP contribution is 2.02. The normalized spacial score (nSPS) is 10.4. The van der Waals surface area contributed by atoms with E-state index in [1.165, 1.54) is 0 Å². The molecule has 19 heavy (non-hydrogen) atoms. The molecular formula is C13H16N4O2. The van der Waals surface area contributed by atoms with Gasteiger partial charge in [0.15, 0.2) is 5.69 Å². The smallest absolute Gasteiger partial charge is 0.273 e. The van der Waals surface area contributed by atoms with Crippen molar-refractivity contribution in [3.8, 4) is 0 Å². The van der Waals surface area contributed by atoms with Gasteiger partial charge >= 0.3 is 0 Å². The lowest BCUT2D eigenvalue weighted by atomic mass is 10.2. The molecule has 1 amide bonds. The predicted octanol–water partition coefficient (Wildman–Crippen LogP) is 0.439. The van der Waals surface area contributed by atoms with Crippen LogP contribution in [0, 0.1) is 0 Å². The van der Waals surface area contributed by atoms with Crippen LogP contribution < -0.4 is 5.32 Å². The van der Waals surface area contributed by atoms with Crippen molar-refractivity contribution in [1.29, 1.82) is 0 Å². The molecule has 0 radical (unpaired) electrons. The minimum atomic E-state index is -0.271. The van der Waals surface area contributed by atoms with Crippen molar-refractivity contribution in [2.45, 2.75) is 13.0 Å². The Hall–Kier alpha value is -2.21. The molecule has 6 heteroatoms. The van der Waals surface area contributed by atoms with Crippen LogP contribution in [-0.4, -0.2) is 39.2 Å². The van der Waals surface area contributed by atoms with E-state index in [1.807, 2.05) is 30.3 Å². The van der Waals surface area contributed by atoms with Crippen LogP contribution in [0.1, 0.15) is 22.5 Å². The molecule has 0 atom stereocenters. The molecule has 2 aromatic rings. The molecule has 0 aliphatic heterocycles. The van der Waals surface area contributed by atoms with Crippen LogP contribution >= 0.6 is 0 Å². The highest BCUT2D eigenvalue weighted by atomic mass is 16.3. The van der Waals surface area contributed by atoms with E-state index in [4.69, 9.17) is 5.11 Å². The van der Waals surface area contributed by atoms with Gasteiger partial charge < -0.3 is 10.4 Å². The van der Waals surface area contributed by atoms with E-state index in [9.17, 15) is 4.79 Å². The van der Waals surface area contributed by atoms with Crippen LogP contribution in [0.25, 0.3) is 0 Å². The Balaban J connectivity index is 1.93. The van der Waals surface area contributed by atoms with Crippen LogP contribution in [0.5, 0.6) is 0 Å². The summed E-state index contributed by atoms with van der Waals surface area (Å²) in [5.41, 5.74) is 1.38. The van der Waals surface area contributed by atoms with Gasteiger partial charge in [0.2, 0.25) is 0 Å². The molecule has 1 aromatic heterocycles. The fourth-order valence-corrected chi connectivity index (χ4v) is 1.62. The number of carbonyl (C=O) groups excluding carboxylic acids is 1. The third kappa shape index (κ3) is 3.89. The highest BCUT2D eigenvalue weighted by molar-refractivity contribution is 5.91. The second kappa shape index (κ2) is 6.65. The number of aliphatic hydroxyl groups excluding tert-OH is 1. The van der Waals surface area contributed by atoms with Gasteiger partial charge in [-0.2, -0.15) is 0 Å². The van der Waals surface area contributed by atoms with Gasteiger partial charge in [-0.3, -0.25) is 4.79 Å². The Labute approximate surface area is 111 Å². The van der Waals surface area contributed by atoms with Crippen LogP contribution in [0.15, 0.2) is 36.5 Å². The van der Waals surface area contributed by atoms with Gasteiger partial charge in [-0.25, -0.2) is 4.68 Å². The molecule has 0 bridgehead atoms. The van der Waals surface area contributed by atoms with Crippen molar-refractivity contribution in [2.24, 2.45) is 0 Å². The summed E-state index contributed by atoms with van der Waals surface area (Å²) in [6.07, 6.45) is 2.14. The zero-order valence-corrected chi connectivity index (χ0v) is 10.5. The molecule has 6 nitrogen and oxygen atoms in total. The third-order valence-electron chi connectivity index (χ3n) is 2.58. The van der Waals surface area contributed by atoms with Gasteiger partial charge in [0.1, 0.15) is 0 Å². The van der Waals surface area contributed by atoms with Crippen molar-refractivity contribution in [2.75, 3.05) is 13.2 Å². The first kappa shape index (κ1) is 13.2. The van der Waals surface area contributed by atoms with E-state index >= 15 is 0 Å². The third-order valence-corrected chi connectivity index (χ3v) is 2.58. The molecule has 0 saturated carbocycles. The minimum absolute atomic E-state index is 0.0565. The predicted molar refractivity (Wildman–Crippen MR) is 69.6 cm³/mol. The number of aliphatic hydroxyl groups is 1. The molecule has 1 aromatic carbocycles. The van der Waals surface area contributed by atoms with Gasteiger partial charge in [-0.15, -0.1) is 5.10 Å². The quantitative estimate of drug-likeness (QED) is 0.738. The maximum absolute atomic E-state index is 11.7. The molecule has 0 aliphatic rings. The van der Waals surface area contributed by atoms with Crippen molar-refractivity contribution in [3.63, 3.8) is 0 Å². The second-order valence-corrected chi connectivity index (χ2v) is 4.12. The Morgan fingerprint density at radius 3 is 2.84 bits per heavy atom. The molecule has 0 spiro atoms. The van der Waals surface area contributed by atoms with Crippen molar-refractivity contribution in [3.05, 3.63) is 47.8 Å². The summed E-state index contributed by atoms with van der Waals surface area (Å²) >= 11 is 0. The lowest BCUT2D eigenvalue weighted by molar-refractivity contribution is 0.0946. The van der Waals surface area contributed by atoms with E-state index < -0.39 is 0 Å². The zero-order chi connectivity index (χ0) is 13.5. The summed E-state index contributed by atoms with van der Waals surface area (Å²) in [5.74, 6) is -0.271. The SMILES string of the molecule is O=C(NCCCO)c1cn(Cc2ccccc2)nn1. The molecule has 0 saturated heterocycles. The minimum Gasteiger partial charge on any atom is -0.396 e. The van der Waals surface area contributed by atoms with Crippen molar-refractivity contribution >= 4 is 5.91 Å². The summed E-state index contributed by atoms with van der Waals surface area (Å²) < 4.78 is 1.62. The number of hydrogen-bond donors (Lipinski definition) is 2. The average Bonchev–Trinajstić information content (AvgIpc) is 2.89. The maximum Gasteiger partial charge on any atom is 0.273 e. The standard InChI is InChI=1S/C13H16N4O2/c18-8-4-7-14-13(19)12-10-17(16-15-12)9-11-5-2-1-3-6-11/h1-3,5-6,10,18H,4,7-9H2,(H,14,19). The first-order valence-electron chi connectivity index (χ1n) is 6.12. The lowest BCUT2D eigenvalue weighted by Gasteiger charge is -2.00. The summed E-state index contributed by atoms with van der Waals surface area (Å²) in [4.78, 5) is 11.7. The molecule has 2 rings (SSSR count). The van der Waals surface area contributed by atoms with Crippen LogP contribution in [-0.2, 0) is 6.54 Å². The first-order chi connectivity index (χ1) is 9.29. The topological polar surface area (TPSA) is 80.0 Å². The van der Waals surface area contributed by atoms with Crippen LogP contribution in [0.3, 0.4) is 0 Å². The number of rotatable bonds is 6. The van der Waals surface area contributed by atoms with Crippen molar-refractivity contribution in [1.82, 2.24) is 20.3 Å². The average molecular weight is 260 g/mol. The Morgan fingerprint density at radius 2 is 2.11 bits per heavy atom.